The Morgan fingerprint density at radius 2 is 2.00 bits per heavy atom. The Labute approximate surface area is 166 Å². The van der Waals surface area contributed by atoms with E-state index in [1.807, 2.05) is 35.2 Å². The number of H-pyrrole nitrogens is 1. The first-order valence-corrected chi connectivity index (χ1v) is 9.41. The summed E-state index contributed by atoms with van der Waals surface area (Å²) in [5, 5.41) is 13.4. The van der Waals surface area contributed by atoms with Gasteiger partial charge in [-0.3, -0.25) is 9.36 Å². The number of carbonyl (C=O) groups excluding carboxylic acids is 1. The Morgan fingerprint density at radius 1 is 1.24 bits per heavy atom. The number of rotatable bonds is 6. The van der Waals surface area contributed by atoms with Gasteiger partial charge in [-0.05, 0) is 0 Å². The van der Waals surface area contributed by atoms with E-state index < -0.39 is 0 Å². The summed E-state index contributed by atoms with van der Waals surface area (Å²) in [6.45, 7) is 2.73. The average Bonchev–Trinajstić information content (AvgIpc) is 3.34. The van der Waals surface area contributed by atoms with E-state index in [2.05, 4.69) is 20.7 Å². The highest BCUT2D eigenvalue weighted by Crippen LogP contribution is 2.31. The fourth-order valence-corrected chi connectivity index (χ4v) is 3.24. The van der Waals surface area contributed by atoms with Gasteiger partial charge >= 0.3 is 5.69 Å². The smallest absolute Gasteiger partial charge is 0.343 e. The first kappa shape index (κ1) is 18.9. The molecule has 1 fully saturated rings. The van der Waals surface area contributed by atoms with E-state index in [1.54, 1.807) is 7.05 Å². The minimum Gasteiger partial charge on any atom is -0.378 e. The van der Waals surface area contributed by atoms with Gasteiger partial charge in [-0.2, -0.15) is 5.10 Å². The number of benzene rings is 1. The summed E-state index contributed by atoms with van der Waals surface area (Å²) >= 11 is 0. The van der Waals surface area contributed by atoms with Crippen molar-refractivity contribution in [3.8, 4) is 11.3 Å². The number of aromatic nitrogens is 4. The van der Waals surface area contributed by atoms with Gasteiger partial charge in [0.15, 0.2) is 11.6 Å². The lowest BCUT2D eigenvalue weighted by Gasteiger charge is -2.26. The van der Waals surface area contributed by atoms with E-state index in [0.717, 1.165) is 5.56 Å². The highest BCUT2D eigenvalue weighted by Gasteiger charge is 2.28. The molecule has 10 nitrogen and oxygen atoms in total. The van der Waals surface area contributed by atoms with Crippen molar-refractivity contribution in [1.29, 1.82) is 0 Å². The molecule has 0 radical (unpaired) electrons. The van der Waals surface area contributed by atoms with Crippen molar-refractivity contribution < 1.29 is 14.1 Å². The first-order valence-electron chi connectivity index (χ1n) is 9.41. The third kappa shape index (κ3) is 3.92. The van der Waals surface area contributed by atoms with Crippen LogP contribution in [0.1, 0.15) is 16.2 Å². The number of ether oxygens (including phenoxy) is 1. The van der Waals surface area contributed by atoms with Crippen molar-refractivity contribution in [2.75, 3.05) is 37.7 Å². The largest absolute Gasteiger partial charge is 0.378 e. The predicted octanol–water partition coefficient (Wildman–Crippen LogP) is 0.573. The third-order valence-electron chi connectivity index (χ3n) is 4.85. The quantitative estimate of drug-likeness (QED) is 0.623. The van der Waals surface area contributed by atoms with Gasteiger partial charge in [0.05, 0.1) is 13.2 Å². The highest BCUT2D eigenvalue weighted by molar-refractivity contribution is 6.04. The van der Waals surface area contributed by atoms with Gasteiger partial charge < -0.3 is 19.5 Å². The van der Waals surface area contributed by atoms with Crippen LogP contribution in [0.25, 0.3) is 11.3 Å². The zero-order chi connectivity index (χ0) is 20.2. The predicted molar refractivity (Wildman–Crippen MR) is 105 cm³/mol. The summed E-state index contributed by atoms with van der Waals surface area (Å²) in [6, 6.07) is 9.41. The maximum Gasteiger partial charge on any atom is 0.343 e. The molecule has 0 atom stereocenters. The van der Waals surface area contributed by atoms with E-state index >= 15 is 0 Å². The van der Waals surface area contributed by atoms with Crippen LogP contribution in [0.3, 0.4) is 0 Å². The molecule has 1 aliphatic heterocycles. The minimum atomic E-state index is -0.286. The Kier molecular flexibility index (Phi) is 5.43. The van der Waals surface area contributed by atoms with Crippen molar-refractivity contribution in [3.05, 3.63) is 52.2 Å². The minimum absolute atomic E-state index is 0.285. The fourth-order valence-electron chi connectivity index (χ4n) is 3.24. The van der Waals surface area contributed by atoms with E-state index in [0.29, 0.717) is 62.2 Å². The lowest BCUT2D eigenvalue weighted by Crippen LogP contribution is -2.38. The monoisotopic (exact) mass is 398 g/mol. The number of hydrogen-bond donors (Lipinski definition) is 2. The Hall–Kier alpha value is -3.40. The van der Waals surface area contributed by atoms with E-state index in [4.69, 9.17) is 9.26 Å². The van der Waals surface area contributed by atoms with Crippen LogP contribution in [0.2, 0.25) is 0 Å². The lowest BCUT2D eigenvalue weighted by molar-refractivity contribution is 0.0952. The summed E-state index contributed by atoms with van der Waals surface area (Å²) < 4.78 is 12.4. The molecule has 0 bridgehead atoms. The maximum absolute atomic E-state index is 13.1. The summed E-state index contributed by atoms with van der Waals surface area (Å²) in [6.07, 6.45) is 0.416. The molecule has 0 unspecified atom stereocenters. The van der Waals surface area contributed by atoms with Gasteiger partial charge in [0.2, 0.25) is 0 Å². The topological polar surface area (TPSA) is 118 Å². The molecule has 1 aliphatic rings. The number of aromatic amines is 1. The molecular weight excluding hydrogens is 376 g/mol. The van der Waals surface area contributed by atoms with Gasteiger partial charge in [0.25, 0.3) is 5.91 Å². The first-order chi connectivity index (χ1) is 14.1. The molecule has 3 heterocycles. The number of morpholine rings is 1. The van der Waals surface area contributed by atoms with Crippen LogP contribution in [0, 0.1) is 0 Å². The van der Waals surface area contributed by atoms with Crippen LogP contribution >= 0.6 is 0 Å². The number of anilines is 1. The SMILES string of the molecule is Cn1c(CCNC(=O)c2c(N3CCOCC3)noc2-c2ccccc2)n[nH]c1=O. The van der Waals surface area contributed by atoms with Crippen molar-refractivity contribution in [3.63, 3.8) is 0 Å². The molecule has 1 saturated heterocycles. The number of hydrogen-bond acceptors (Lipinski definition) is 7. The van der Waals surface area contributed by atoms with Crippen LogP contribution < -0.4 is 15.9 Å². The van der Waals surface area contributed by atoms with Crippen LogP contribution in [0.15, 0.2) is 39.6 Å². The fraction of sp³-hybridized carbons (Fsp3) is 0.368. The molecule has 1 amide bonds. The van der Waals surface area contributed by atoms with Crippen LogP contribution in [0.4, 0.5) is 5.82 Å². The van der Waals surface area contributed by atoms with Gasteiger partial charge in [-0.15, -0.1) is 0 Å². The standard InChI is InChI=1S/C19H22N6O4/c1-24-14(21-22-19(24)27)7-8-20-18(26)15-16(13-5-3-2-4-6-13)29-23-17(15)25-9-11-28-12-10-25/h2-6H,7-12H2,1H3,(H,20,26)(H,22,27). The van der Waals surface area contributed by atoms with Crippen LogP contribution in [-0.2, 0) is 18.2 Å². The number of nitrogens with zero attached hydrogens (tertiary/aromatic N) is 4. The summed E-state index contributed by atoms with van der Waals surface area (Å²) in [7, 11) is 1.63. The van der Waals surface area contributed by atoms with Crippen LogP contribution in [-0.4, -0.2) is 58.7 Å². The van der Waals surface area contributed by atoms with Crippen molar-refractivity contribution in [2.45, 2.75) is 6.42 Å². The molecule has 1 aromatic carbocycles. The number of nitrogens with one attached hydrogen (secondary N) is 2. The summed E-state index contributed by atoms with van der Waals surface area (Å²) in [5.74, 6) is 1.22. The van der Waals surface area contributed by atoms with Gasteiger partial charge in [0.1, 0.15) is 11.4 Å². The van der Waals surface area contributed by atoms with Gasteiger partial charge in [0, 0.05) is 38.7 Å². The summed E-state index contributed by atoms with van der Waals surface area (Å²) in [5.41, 5.74) is 0.889. The van der Waals surface area contributed by atoms with Crippen molar-refractivity contribution >= 4 is 11.7 Å². The highest BCUT2D eigenvalue weighted by atomic mass is 16.5. The second kappa shape index (κ2) is 8.31. The molecule has 3 aromatic rings. The zero-order valence-corrected chi connectivity index (χ0v) is 16.1. The summed E-state index contributed by atoms with van der Waals surface area (Å²) in [4.78, 5) is 26.5. The maximum atomic E-state index is 13.1. The number of carbonyl (C=O) groups is 1. The zero-order valence-electron chi connectivity index (χ0n) is 16.1. The normalized spacial score (nSPS) is 14.2. The Morgan fingerprint density at radius 3 is 2.69 bits per heavy atom. The van der Waals surface area contributed by atoms with Gasteiger partial charge in [-0.25, -0.2) is 9.89 Å². The van der Waals surface area contributed by atoms with Gasteiger partial charge in [-0.1, -0.05) is 35.5 Å². The lowest BCUT2D eigenvalue weighted by atomic mass is 10.1. The molecule has 0 aliphatic carbocycles. The molecule has 0 spiro atoms. The second-order valence-electron chi connectivity index (χ2n) is 6.69. The van der Waals surface area contributed by atoms with Crippen LogP contribution in [0.5, 0.6) is 0 Å². The molecule has 2 aromatic heterocycles. The van der Waals surface area contributed by atoms with E-state index in [9.17, 15) is 9.59 Å². The third-order valence-corrected chi connectivity index (χ3v) is 4.85. The second-order valence-corrected chi connectivity index (χ2v) is 6.69. The Balaban J connectivity index is 1.57. The van der Waals surface area contributed by atoms with Crippen molar-refractivity contribution in [1.82, 2.24) is 25.2 Å². The molecule has 152 valence electrons. The molecule has 2 N–H and O–H groups in total. The molecular formula is C19H22N6O4. The number of amides is 1. The average molecular weight is 398 g/mol. The van der Waals surface area contributed by atoms with Crippen molar-refractivity contribution in [2.24, 2.45) is 7.05 Å². The molecule has 10 heteroatoms. The molecule has 0 saturated carbocycles. The van der Waals surface area contributed by atoms with E-state index in [1.165, 1.54) is 4.57 Å². The molecule has 29 heavy (non-hydrogen) atoms. The molecule has 4 rings (SSSR count). The Bertz CT molecular complexity index is 1030. The van der Waals surface area contributed by atoms with E-state index in [-0.39, 0.29) is 11.6 Å².